The quantitative estimate of drug-likeness (QED) is 0.692. The molecule has 28 heavy (non-hydrogen) atoms. The lowest BCUT2D eigenvalue weighted by molar-refractivity contribution is -0.0440. The molecule has 7 nitrogen and oxygen atoms in total. The number of nitrogens with zero attached hydrogens (tertiary/aromatic N) is 2. The second-order valence-electron chi connectivity index (χ2n) is 7.67. The number of ether oxygens (including phenoxy) is 2. The molecule has 3 rings (SSSR count). The van der Waals surface area contributed by atoms with Gasteiger partial charge in [0.2, 0.25) is 10.0 Å². The minimum absolute atomic E-state index is 0.113. The smallest absolute Gasteiger partial charge is 0.338 e. The lowest BCUT2D eigenvalue weighted by atomic mass is 10.1. The van der Waals surface area contributed by atoms with Crippen LogP contribution in [0, 0.1) is 0 Å². The first kappa shape index (κ1) is 21.2. The topological polar surface area (TPSA) is 76.2 Å². The monoisotopic (exact) mass is 410 g/mol. The number of likely N-dealkylation sites (tertiary alicyclic amines) is 1. The molecule has 1 aromatic carbocycles. The van der Waals surface area contributed by atoms with E-state index < -0.39 is 16.0 Å². The van der Waals surface area contributed by atoms with Crippen LogP contribution in [0.1, 0.15) is 44.0 Å². The van der Waals surface area contributed by atoms with E-state index in [-0.39, 0.29) is 28.8 Å². The maximum atomic E-state index is 13.0. The Bertz CT molecular complexity index is 788. The summed E-state index contributed by atoms with van der Waals surface area (Å²) in [7, 11) is -3.69. The minimum atomic E-state index is -3.69. The Kier molecular flexibility index (Phi) is 6.75. The van der Waals surface area contributed by atoms with Gasteiger partial charge >= 0.3 is 5.97 Å². The second-order valence-corrected chi connectivity index (χ2v) is 9.61. The van der Waals surface area contributed by atoms with E-state index >= 15 is 0 Å². The van der Waals surface area contributed by atoms with Crippen LogP contribution in [-0.2, 0) is 19.5 Å². The Labute approximate surface area is 167 Å². The van der Waals surface area contributed by atoms with Crippen molar-refractivity contribution >= 4 is 16.0 Å². The average Bonchev–Trinajstić information content (AvgIpc) is 2.67. The number of benzene rings is 1. The fourth-order valence-corrected chi connectivity index (χ4v) is 5.51. The van der Waals surface area contributed by atoms with Crippen molar-refractivity contribution < 1.29 is 22.7 Å². The molecule has 2 fully saturated rings. The molecule has 0 amide bonds. The summed E-state index contributed by atoms with van der Waals surface area (Å²) < 4.78 is 38.8. The highest BCUT2D eigenvalue weighted by molar-refractivity contribution is 7.89. The number of likely N-dealkylation sites (N-methyl/N-ethyl adjacent to an activating group) is 1. The van der Waals surface area contributed by atoms with Crippen LogP contribution >= 0.6 is 0 Å². The number of piperidine rings is 1. The zero-order chi connectivity index (χ0) is 20.3. The third-order valence-corrected chi connectivity index (χ3v) is 7.10. The van der Waals surface area contributed by atoms with Crippen molar-refractivity contribution in [3.05, 3.63) is 29.8 Å². The molecule has 2 heterocycles. The Morgan fingerprint density at radius 3 is 2.61 bits per heavy atom. The molecular formula is C20H30N2O5S. The van der Waals surface area contributed by atoms with Crippen LogP contribution in [0.15, 0.2) is 29.2 Å². The second kappa shape index (κ2) is 8.90. The fourth-order valence-electron chi connectivity index (χ4n) is 3.88. The molecule has 0 bridgehead atoms. The Morgan fingerprint density at radius 1 is 1.21 bits per heavy atom. The van der Waals surface area contributed by atoms with Gasteiger partial charge in [-0.2, -0.15) is 4.31 Å². The van der Waals surface area contributed by atoms with Crippen molar-refractivity contribution in [2.75, 3.05) is 32.7 Å². The predicted octanol–water partition coefficient (Wildman–Crippen LogP) is 2.13. The van der Waals surface area contributed by atoms with Gasteiger partial charge in [0.25, 0.3) is 0 Å². The normalized spacial score (nSPS) is 27.5. The summed E-state index contributed by atoms with van der Waals surface area (Å²) in [5, 5.41) is 0. The van der Waals surface area contributed by atoms with E-state index in [2.05, 4.69) is 11.8 Å². The first-order valence-electron chi connectivity index (χ1n) is 9.98. The predicted molar refractivity (Wildman–Crippen MR) is 106 cm³/mol. The number of carbonyl (C=O) groups is 1. The summed E-state index contributed by atoms with van der Waals surface area (Å²) in [6.45, 7) is 9.08. The molecule has 0 spiro atoms. The number of esters is 1. The van der Waals surface area contributed by atoms with Gasteiger partial charge in [0, 0.05) is 19.6 Å². The highest BCUT2D eigenvalue weighted by atomic mass is 32.2. The summed E-state index contributed by atoms with van der Waals surface area (Å²) in [4.78, 5) is 15.0. The molecule has 156 valence electrons. The minimum Gasteiger partial charge on any atom is -0.457 e. The van der Waals surface area contributed by atoms with Crippen LogP contribution in [-0.4, -0.2) is 74.6 Å². The first-order chi connectivity index (χ1) is 13.3. The largest absolute Gasteiger partial charge is 0.457 e. The van der Waals surface area contributed by atoms with Gasteiger partial charge < -0.3 is 9.47 Å². The van der Waals surface area contributed by atoms with Crippen molar-refractivity contribution in [1.82, 2.24) is 9.21 Å². The molecule has 2 aliphatic heterocycles. The van der Waals surface area contributed by atoms with Crippen LogP contribution in [0.4, 0.5) is 0 Å². The van der Waals surface area contributed by atoms with Gasteiger partial charge in [0.1, 0.15) is 6.10 Å². The lowest BCUT2D eigenvalue weighted by Crippen LogP contribution is -2.48. The third-order valence-electron chi connectivity index (χ3n) is 5.28. The van der Waals surface area contributed by atoms with Crippen molar-refractivity contribution in [1.29, 1.82) is 0 Å². The molecule has 0 radical (unpaired) electrons. The van der Waals surface area contributed by atoms with E-state index in [9.17, 15) is 13.2 Å². The van der Waals surface area contributed by atoms with Gasteiger partial charge in [-0.05, 0) is 58.0 Å². The van der Waals surface area contributed by atoms with Crippen molar-refractivity contribution in [2.24, 2.45) is 0 Å². The van der Waals surface area contributed by atoms with E-state index in [1.807, 2.05) is 13.8 Å². The van der Waals surface area contributed by atoms with Gasteiger partial charge in [0.05, 0.1) is 22.7 Å². The van der Waals surface area contributed by atoms with Crippen LogP contribution in [0.2, 0.25) is 0 Å². The van der Waals surface area contributed by atoms with Gasteiger partial charge in [-0.15, -0.1) is 0 Å². The maximum Gasteiger partial charge on any atom is 0.338 e. The van der Waals surface area contributed by atoms with Crippen LogP contribution in [0.5, 0.6) is 0 Å². The van der Waals surface area contributed by atoms with E-state index in [4.69, 9.17) is 9.47 Å². The molecule has 0 saturated carbocycles. The van der Waals surface area contributed by atoms with E-state index in [0.717, 1.165) is 32.5 Å². The number of carbonyl (C=O) groups excluding carboxylic acids is 1. The third kappa shape index (κ3) is 4.92. The highest BCUT2D eigenvalue weighted by Crippen LogP contribution is 2.23. The molecule has 3 atom stereocenters. The van der Waals surface area contributed by atoms with Crippen LogP contribution < -0.4 is 0 Å². The van der Waals surface area contributed by atoms with Crippen LogP contribution in [0.25, 0.3) is 0 Å². The Balaban J connectivity index is 1.73. The average molecular weight is 411 g/mol. The Hall–Kier alpha value is -1.48. The van der Waals surface area contributed by atoms with Gasteiger partial charge in [-0.25, -0.2) is 13.2 Å². The highest BCUT2D eigenvalue weighted by Gasteiger charge is 2.32. The molecule has 8 heteroatoms. The molecule has 0 aromatic heterocycles. The molecular weight excluding hydrogens is 380 g/mol. The summed E-state index contributed by atoms with van der Waals surface area (Å²) in [5.74, 6) is -0.469. The zero-order valence-corrected chi connectivity index (χ0v) is 17.7. The molecule has 1 aromatic rings. The van der Waals surface area contributed by atoms with Crippen molar-refractivity contribution in [2.45, 2.75) is 56.8 Å². The van der Waals surface area contributed by atoms with Gasteiger partial charge in [-0.3, -0.25) is 4.90 Å². The maximum absolute atomic E-state index is 13.0. The Morgan fingerprint density at radius 2 is 1.93 bits per heavy atom. The number of hydrogen-bond donors (Lipinski definition) is 0. The zero-order valence-electron chi connectivity index (χ0n) is 16.8. The summed E-state index contributed by atoms with van der Waals surface area (Å²) >= 11 is 0. The summed E-state index contributed by atoms with van der Waals surface area (Å²) in [6, 6.07) is 6.14. The first-order valence-corrected chi connectivity index (χ1v) is 11.4. The fraction of sp³-hybridized carbons (Fsp3) is 0.650. The number of rotatable bonds is 5. The van der Waals surface area contributed by atoms with Gasteiger partial charge in [-0.1, -0.05) is 13.0 Å². The lowest BCUT2D eigenvalue weighted by Gasteiger charge is -2.34. The van der Waals surface area contributed by atoms with Gasteiger partial charge in [0.15, 0.2) is 0 Å². The van der Waals surface area contributed by atoms with Crippen molar-refractivity contribution in [3.63, 3.8) is 0 Å². The molecule has 0 aliphatic carbocycles. The van der Waals surface area contributed by atoms with E-state index in [1.54, 1.807) is 12.1 Å². The SMILES string of the molecule is CCN1CCCC(OC(=O)c2cccc(S(=O)(=O)N3CC(C)OC(C)C3)c2)C1. The molecule has 0 N–H and O–H groups in total. The molecule has 2 aliphatic rings. The molecule has 2 saturated heterocycles. The standard InChI is InChI=1S/C20H30N2O5S/c1-4-21-10-6-8-18(14-21)27-20(23)17-7-5-9-19(11-17)28(24,25)22-12-15(2)26-16(3)13-22/h5,7,9,11,15-16,18H,4,6,8,10,12-14H2,1-3H3. The van der Waals surface area contributed by atoms with Crippen LogP contribution in [0.3, 0.4) is 0 Å². The summed E-state index contributed by atoms with van der Waals surface area (Å²) in [6.07, 6.45) is 1.35. The number of morpholine rings is 1. The summed E-state index contributed by atoms with van der Waals surface area (Å²) in [5.41, 5.74) is 0.268. The number of hydrogen-bond acceptors (Lipinski definition) is 6. The van der Waals surface area contributed by atoms with E-state index in [1.165, 1.54) is 16.4 Å². The molecule has 3 unspecified atom stereocenters. The van der Waals surface area contributed by atoms with E-state index in [0.29, 0.717) is 13.1 Å². The van der Waals surface area contributed by atoms with Crippen molar-refractivity contribution in [3.8, 4) is 0 Å². The number of sulfonamides is 1.